The number of ether oxygens (including phenoxy) is 3. The lowest BCUT2D eigenvalue weighted by Gasteiger charge is -2.60. The van der Waals surface area contributed by atoms with Gasteiger partial charge in [0, 0.05) is 60.8 Å². The Bertz CT molecular complexity index is 2130. The molecule has 0 bridgehead atoms. The van der Waals surface area contributed by atoms with Crippen molar-refractivity contribution in [1.82, 2.24) is 4.90 Å². The van der Waals surface area contributed by atoms with Crippen LogP contribution in [0.15, 0.2) is 107 Å². The van der Waals surface area contributed by atoms with Gasteiger partial charge >= 0.3 is 0 Å². The number of carbonyl (C=O) groups excluding carboxylic acids is 1. The van der Waals surface area contributed by atoms with Crippen molar-refractivity contribution in [3.8, 4) is 17.2 Å². The van der Waals surface area contributed by atoms with E-state index in [1.54, 1.807) is 36.0 Å². The fourth-order valence-corrected chi connectivity index (χ4v) is 9.72. The van der Waals surface area contributed by atoms with Crippen LogP contribution in [0.4, 0.5) is 5.69 Å². The standard InChI is InChI=1S/C50H63N3O9S/c1-7-27-52(46(56)26-17-34-15-18-36(19-16-34)53(57)58)45-33-43(51-62-49(3,4)5)41-31-35(13-9-11-28-54)40(14-10-12-29-55)47-42-32-38(60-37-20-23-39(63-6)24-21-37)22-25-44(42)61-50(45,48(41)47)59-30-8-2/h8,15-26,31-32,35,40,45,47-48,54-55H,2,7,9-14,27-30,33H2,1,3-6H3/t35-,40+,45-,47+,48+,50+/m0/s1. The molecule has 0 radical (unpaired) electrons. The highest BCUT2D eigenvalue weighted by molar-refractivity contribution is 7.98. The molecule has 6 atom stereocenters. The summed E-state index contributed by atoms with van der Waals surface area (Å²) in [6, 6.07) is 19.3. The lowest BCUT2D eigenvalue weighted by atomic mass is 9.55. The highest BCUT2D eigenvalue weighted by Crippen LogP contribution is 2.62. The summed E-state index contributed by atoms with van der Waals surface area (Å²) in [5.41, 5.74) is 2.63. The van der Waals surface area contributed by atoms with E-state index in [0.29, 0.717) is 54.3 Å². The van der Waals surface area contributed by atoms with Gasteiger partial charge in [-0.3, -0.25) is 14.9 Å². The van der Waals surface area contributed by atoms with E-state index in [1.165, 1.54) is 18.2 Å². The molecule has 6 rings (SSSR count). The van der Waals surface area contributed by atoms with Crippen molar-refractivity contribution >= 4 is 35.1 Å². The second kappa shape index (κ2) is 21.6. The summed E-state index contributed by atoms with van der Waals surface area (Å²) in [4.78, 5) is 34.8. The number of aliphatic hydroxyl groups excluding tert-OH is 2. The number of fused-ring (bicyclic) bond motifs is 2. The molecule has 1 heterocycles. The number of oxime groups is 1. The van der Waals surface area contributed by atoms with E-state index in [9.17, 15) is 25.1 Å². The predicted octanol–water partition coefficient (Wildman–Crippen LogP) is 10.5. The van der Waals surface area contributed by atoms with Crippen LogP contribution in [0.3, 0.4) is 0 Å². The first-order valence-electron chi connectivity index (χ1n) is 22.2. The summed E-state index contributed by atoms with van der Waals surface area (Å²) in [7, 11) is 0. The van der Waals surface area contributed by atoms with Crippen molar-refractivity contribution < 1.29 is 39.0 Å². The largest absolute Gasteiger partial charge is 0.459 e. The van der Waals surface area contributed by atoms with Gasteiger partial charge < -0.3 is 34.2 Å². The van der Waals surface area contributed by atoms with Gasteiger partial charge in [-0.2, -0.15) is 0 Å². The van der Waals surface area contributed by atoms with Crippen LogP contribution in [-0.2, 0) is 14.4 Å². The molecule has 3 aliphatic rings. The van der Waals surface area contributed by atoms with Crippen molar-refractivity contribution in [1.29, 1.82) is 0 Å². The second-order valence-electron chi connectivity index (χ2n) is 17.5. The summed E-state index contributed by atoms with van der Waals surface area (Å²) in [6.07, 6.45) is 14.7. The van der Waals surface area contributed by atoms with Crippen LogP contribution in [0.2, 0.25) is 0 Å². The molecular formula is C50H63N3O9S. The molecule has 12 nitrogen and oxygen atoms in total. The Labute approximate surface area is 376 Å². The molecule has 0 saturated heterocycles. The third-order valence-electron chi connectivity index (χ3n) is 12.0. The number of hydrogen-bond acceptors (Lipinski definition) is 11. The number of unbranched alkanes of at least 4 members (excludes halogenated alkanes) is 2. The van der Waals surface area contributed by atoms with Crippen molar-refractivity contribution in [2.45, 2.75) is 107 Å². The summed E-state index contributed by atoms with van der Waals surface area (Å²) in [6.45, 7) is 12.6. The normalized spacial score (nSPS) is 23.3. The van der Waals surface area contributed by atoms with Gasteiger partial charge in [0.1, 0.15) is 28.9 Å². The predicted molar refractivity (Wildman–Crippen MR) is 248 cm³/mol. The third-order valence-corrected chi connectivity index (χ3v) is 12.8. The molecule has 2 N–H and O–H groups in total. The summed E-state index contributed by atoms with van der Waals surface area (Å²) < 4.78 is 21.0. The molecular weight excluding hydrogens is 819 g/mol. The molecule has 3 aromatic carbocycles. The van der Waals surface area contributed by atoms with Gasteiger partial charge in [0.15, 0.2) is 0 Å². The minimum atomic E-state index is -1.41. The van der Waals surface area contributed by atoms with Gasteiger partial charge in [0.25, 0.3) is 5.69 Å². The molecule has 338 valence electrons. The molecule has 1 amide bonds. The molecule has 2 aliphatic carbocycles. The first-order valence-corrected chi connectivity index (χ1v) is 23.4. The first-order chi connectivity index (χ1) is 30.4. The number of nitro groups is 1. The third kappa shape index (κ3) is 11.2. The number of aliphatic hydroxyl groups is 2. The Kier molecular flexibility index (Phi) is 16.3. The molecule has 13 heteroatoms. The topological polar surface area (TPSA) is 153 Å². The van der Waals surface area contributed by atoms with E-state index in [2.05, 4.69) is 18.7 Å². The number of thioether (sulfide) groups is 1. The van der Waals surface area contributed by atoms with Gasteiger partial charge in [0.2, 0.25) is 11.7 Å². The van der Waals surface area contributed by atoms with Crippen LogP contribution in [0, 0.1) is 27.9 Å². The van der Waals surface area contributed by atoms with E-state index in [0.717, 1.165) is 41.7 Å². The fourth-order valence-electron chi connectivity index (χ4n) is 9.31. The molecule has 0 spiro atoms. The van der Waals surface area contributed by atoms with Crippen LogP contribution < -0.4 is 9.47 Å². The second-order valence-corrected chi connectivity index (χ2v) is 18.3. The molecule has 3 aromatic rings. The average molecular weight is 882 g/mol. The van der Waals surface area contributed by atoms with Gasteiger partial charge in [-0.05, 0) is 143 Å². The average Bonchev–Trinajstić information content (AvgIpc) is 3.27. The highest BCUT2D eigenvalue weighted by atomic mass is 32.2. The number of non-ortho nitro benzene ring substituents is 1. The van der Waals surface area contributed by atoms with Crippen LogP contribution in [0.25, 0.3) is 6.08 Å². The van der Waals surface area contributed by atoms with Crippen LogP contribution >= 0.6 is 11.8 Å². The zero-order valence-electron chi connectivity index (χ0n) is 37.2. The van der Waals surface area contributed by atoms with Gasteiger partial charge in [0.05, 0.1) is 23.2 Å². The summed E-state index contributed by atoms with van der Waals surface area (Å²) in [5, 5.41) is 36.2. The van der Waals surface area contributed by atoms with Crippen molar-refractivity contribution in [3.05, 3.63) is 118 Å². The number of hydrogen-bond donors (Lipinski definition) is 2. The smallest absolute Gasteiger partial charge is 0.269 e. The Hall–Kier alpha value is -4.95. The van der Waals surface area contributed by atoms with Crippen LogP contribution in [0.5, 0.6) is 17.2 Å². The lowest BCUT2D eigenvalue weighted by Crippen LogP contribution is -2.70. The van der Waals surface area contributed by atoms with Gasteiger partial charge in [-0.15, -0.1) is 18.3 Å². The minimum Gasteiger partial charge on any atom is -0.459 e. The van der Waals surface area contributed by atoms with Crippen LogP contribution in [-0.4, -0.2) is 81.7 Å². The molecule has 1 aliphatic heterocycles. The molecule has 1 fully saturated rings. The van der Waals surface area contributed by atoms with E-state index < -0.39 is 28.3 Å². The number of nitro benzene ring substituents is 1. The lowest BCUT2D eigenvalue weighted by molar-refractivity contribution is -0.384. The molecule has 63 heavy (non-hydrogen) atoms. The Morgan fingerprint density at radius 2 is 1.73 bits per heavy atom. The number of benzene rings is 3. The van der Waals surface area contributed by atoms with E-state index >= 15 is 0 Å². The van der Waals surface area contributed by atoms with Crippen LogP contribution in [0.1, 0.15) is 96.1 Å². The fraction of sp³-hybridized carbons (Fsp3) is 0.480. The molecule has 1 saturated carbocycles. The molecule has 0 aromatic heterocycles. The SMILES string of the molecule is C=CCO[C@@]12Oc3ccc(Oc4ccc(SC)cc4)cc3[C@H]3[C@H](CCCCO)[C@@H](CCCCO)C=C(C(=NOC(C)(C)C)C[C@@H]1N(CCC)C(=O)C=Cc1ccc([N+](=O)[O-])cc1)[C@H]32. The number of carbonyl (C=O) groups is 1. The van der Waals surface area contributed by atoms with Gasteiger partial charge in [-0.25, -0.2) is 0 Å². The van der Waals surface area contributed by atoms with E-state index in [4.69, 9.17) is 24.2 Å². The Morgan fingerprint density at radius 3 is 2.37 bits per heavy atom. The number of allylic oxidation sites excluding steroid dienone is 1. The highest BCUT2D eigenvalue weighted by Gasteiger charge is 2.65. The minimum absolute atomic E-state index is 0.0340. The summed E-state index contributed by atoms with van der Waals surface area (Å²) >= 11 is 1.67. The zero-order valence-corrected chi connectivity index (χ0v) is 38.1. The number of amides is 1. The van der Waals surface area contributed by atoms with E-state index in [1.807, 2.05) is 75.2 Å². The van der Waals surface area contributed by atoms with E-state index in [-0.39, 0.29) is 55.6 Å². The van der Waals surface area contributed by atoms with Gasteiger partial charge in [-0.1, -0.05) is 37.1 Å². The molecule has 0 unspecified atom stereocenters. The number of nitrogens with zero attached hydrogens (tertiary/aromatic N) is 3. The maximum Gasteiger partial charge on any atom is 0.269 e. The van der Waals surface area contributed by atoms with Crippen molar-refractivity contribution in [2.24, 2.45) is 22.9 Å². The Balaban J connectivity index is 1.56. The Morgan fingerprint density at radius 1 is 1.03 bits per heavy atom. The maximum absolute atomic E-state index is 14.7. The monoisotopic (exact) mass is 881 g/mol. The van der Waals surface area contributed by atoms with Crippen molar-refractivity contribution in [3.63, 3.8) is 0 Å². The maximum atomic E-state index is 14.7. The summed E-state index contributed by atoms with van der Waals surface area (Å²) in [5.74, 6) is -0.238. The van der Waals surface area contributed by atoms with Crippen molar-refractivity contribution in [2.75, 3.05) is 32.6 Å². The first kappa shape index (κ1) is 47.5. The zero-order chi connectivity index (χ0) is 45.1. The number of rotatable bonds is 21. The quantitative estimate of drug-likeness (QED) is 0.0264.